The summed E-state index contributed by atoms with van der Waals surface area (Å²) in [6.07, 6.45) is 2.17. The lowest BCUT2D eigenvalue weighted by Gasteiger charge is -2.26. The van der Waals surface area contributed by atoms with Crippen LogP contribution < -0.4 is 5.32 Å². The zero-order chi connectivity index (χ0) is 18.1. The Morgan fingerprint density at radius 1 is 1.25 bits per heavy atom. The number of furan rings is 1. The van der Waals surface area contributed by atoms with Gasteiger partial charge in [0.25, 0.3) is 5.91 Å². The fraction of sp³-hybridized carbons (Fsp3) is 0.600. The van der Waals surface area contributed by atoms with Crippen molar-refractivity contribution in [3.05, 3.63) is 17.6 Å². The highest BCUT2D eigenvalue weighted by molar-refractivity contribution is 7.89. The summed E-state index contributed by atoms with van der Waals surface area (Å²) in [5, 5.41) is 11.8. The largest absolute Gasteiger partial charge is 0.481 e. The summed E-state index contributed by atoms with van der Waals surface area (Å²) in [6, 6.07) is 1.09. The molecule has 134 valence electrons. The summed E-state index contributed by atoms with van der Waals surface area (Å²) in [5.41, 5.74) is 0. The number of rotatable bonds is 5. The molecule has 1 aromatic heterocycles. The molecule has 0 unspecified atom stereocenters. The molecular weight excluding hydrogens is 336 g/mol. The van der Waals surface area contributed by atoms with Gasteiger partial charge in [-0.05, 0) is 32.6 Å². The van der Waals surface area contributed by atoms with E-state index in [2.05, 4.69) is 5.32 Å². The number of carbonyl (C=O) groups is 2. The third-order valence-electron chi connectivity index (χ3n) is 4.27. The SMILES string of the molecule is Cc1oc(C(=O)NC2CCC(C(=O)O)CC2)cc1S(=O)(=O)N(C)C. The lowest BCUT2D eigenvalue weighted by Crippen LogP contribution is -2.38. The van der Waals surface area contributed by atoms with Crippen LogP contribution in [0.5, 0.6) is 0 Å². The highest BCUT2D eigenvalue weighted by Gasteiger charge is 2.29. The van der Waals surface area contributed by atoms with Gasteiger partial charge in [0.1, 0.15) is 10.7 Å². The van der Waals surface area contributed by atoms with Crippen molar-refractivity contribution < 1.29 is 27.5 Å². The third-order valence-corrected chi connectivity index (χ3v) is 6.19. The summed E-state index contributed by atoms with van der Waals surface area (Å²) in [5.74, 6) is -1.56. The number of carboxylic acid groups (broad SMARTS) is 1. The fourth-order valence-corrected chi connectivity index (χ4v) is 3.83. The summed E-state index contributed by atoms with van der Waals surface area (Å²) in [7, 11) is -0.865. The van der Waals surface area contributed by atoms with Crippen LogP contribution in [0.15, 0.2) is 15.4 Å². The van der Waals surface area contributed by atoms with Gasteiger partial charge in [-0.15, -0.1) is 0 Å². The first kappa shape index (κ1) is 18.5. The van der Waals surface area contributed by atoms with E-state index in [4.69, 9.17) is 9.52 Å². The molecule has 0 saturated heterocycles. The van der Waals surface area contributed by atoms with Gasteiger partial charge < -0.3 is 14.8 Å². The van der Waals surface area contributed by atoms with E-state index in [9.17, 15) is 18.0 Å². The number of aryl methyl sites for hydroxylation is 1. The molecular formula is C15H22N2O6S. The summed E-state index contributed by atoms with van der Waals surface area (Å²) < 4.78 is 30.7. The van der Waals surface area contributed by atoms with Gasteiger partial charge in [-0.1, -0.05) is 0 Å². The van der Waals surface area contributed by atoms with Crippen LogP contribution in [-0.4, -0.2) is 49.8 Å². The normalized spacial score (nSPS) is 21.7. The average molecular weight is 358 g/mol. The van der Waals surface area contributed by atoms with Gasteiger partial charge in [-0.2, -0.15) is 0 Å². The van der Waals surface area contributed by atoms with Crippen molar-refractivity contribution in [2.24, 2.45) is 5.92 Å². The van der Waals surface area contributed by atoms with E-state index < -0.39 is 21.9 Å². The maximum Gasteiger partial charge on any atom is 0.306 e. The first-order valence-electron chi connectivity index (χ1n) is 7.69. The van der Waals surface area contributed by atoms with Crippen molar-refractivity contribution in [1.29, 1.82) is 0 Å². The second kappa shape index (κ2) is 6.94. The number of carboxylic acids is 1. The molecule has 0 bridgehead atoms. The first-order valence-corrected chi connectivity index (χ1v) is 9.13. The number of hydrogen-bond acceptors (Lipinski definition) is 5. The zero-order valence-electron chi connectivity index (χ0n) is 13.9. The van der Waals surface area contributed by atoms with Gasteiger partial charge in [0.2, 0.25) is 10.0 Å². The van der Waals surface area contributed by atoms with Crippen molar-refractivity contribution in [2.75, 3.05) is 14.1 Å². The van der Waals surface area contributed by atoms with Crippen LogP contribution >= 0.6 is 0 Å². The first-order chi connectivity index (χ1) is 11.1. The number of aliphatic carboxylic acids is 1. The molecule has 8 nitrogen and oxygen atoms in total. The standard InChI is InChI=1S/C15H22N2O6S/c1-9-13(24(21,22)17(2)3)8-12(23-9)14(18)16-11-6-4-10(5-7-11)15(19)20/h8,10-11H,4-7H2,1-3H3,(H,16,18)(H,19,20). The molecule has 2 rings (SSSR count). The van der Waals surface area contributed by atoms with Crippen LogP contribution in [0.1, 0.15) is 42.0 Å². The number of hydrogen-bond donors (Lipinski definition) is 2. The lowest BCUT2D eigenvalue weighted by atomic mass is 9.86. The minimum absolute atomic E-state index is 0.0350. The van der Waals surface area contributed by atoms with E-state index in [1.165, 1.54) is 27.1 Å². The Bertz CT molecular complexity index is 729. The molecule has 1 heterocycles. The Morgan fingerprint density at radius 2 is 1.83 bits per heavy atom. The van der Waals surface area contributed by atoms with Gasteiger partial charge in [-0.25, -0.2) is 12.7 Å². The van der Waals surface area contributed by atoms with Crippen LogP contribution in [-0.2, 0) is 14.8 Å². The molecule has 1 aromatic rings. The van der Waals surface area contributed by atoms with E-state index in [0.717, 1.165) is 4.31 Å². The highest BCUT2D eigenvalue weighted by Crippen LogP contribution is 2.26. The monoisotopic (exact) mass is 358 g/mol. The van der Waals surface area contributed by atoms with Crippen LogP contribution in [0, 0.1) is 12.8 Å². The van der Waals surface area contributed by atoms with E-state index in [0.29, 0.717) is 25.7 Å². The number of sulfonamides is 1. The number of amides is 1. The minimum atomic E-state index is -3.68. The molecule has 1 saturated carbocycles. The summed E-state index contributed by atoms with van der Waals surface area (Å²) >= 11 is 0. The van der Waals surface area contributed by atoms with Crippen molar-refractivity contribution in [3.8, 4) is 0 Å². The molecule has 1 aliphatic carbocycles. The van der Waals surface area contributed by atoms with Crippen molar-refractivity contribution in [1.82, 2.24) is 9.62 Å². The van der Waals surface area contributed by atoms with Gasteiger partial charge in [0.05, 0.1) is 5.92 Å². The van der Waals surface area contributed by atoms with Crippen LogP contribution in [0.25, 0.3) is 0 Å². The van der Waals surface area contributed by atoms with E-state index in [1.807, 2.05) is 0 Å². The molecule has 0 aliphatic heterocycles. The molecule has 1 aliphatic rings. The van der Waals surface area contributed by atoms with Crippen LogP contribution in [0.3, 0.4) is 0 Å². The van der Waals surface area contributed by atoms with Crippen molar-refractivity contribution in [3.63, 3.8) is 0 Å². The topological polar surface area (TPSA) is 117 Å². The molecule has 1 fully saturated rings. The maximum absolute atomic E-state index is 12.3. The Morgan fingerprint density at radius 3 is 2.33 bits per heavy atom. The predicted octanol–water partition coefficient (Wildman–Crippen LogP) is 1.21. The van der Waals surface area contributed by atoms with E-state index >= 15 is 0 Å². The fourth-order valence-electron chi connectivity index (χ4n) is 2.77. The molecule has 0 atom stereocenters. The van der Waals surface area contributed by atoms with Gasteiger partial charge >= 0.3 is 5.97 Å². The Labute approximate surface area is 140 Å². The van der Waals surface area contributed by atoms with E-state index in [-0.39, 0.29) is 28.4 Å². The predicted molar refractivity (Wildman–Crippen MR) is 85.2 cm³/mol. The minimum Gasteiger partial charge on any atom is -0.481 e. The lowest BCUT2D eigenvalue weighted by molar-refractivity contribution is -0.142. The Balaban J connectivity index is 2.06. The summed E-state index contributed by atoms with van der Waals surface area (Å²) in [4.78, 5) is 23.2. The second-order valence-corrected chi connectivity index (χ2v) is 8.30. The quantitative estimate of drug-likeness (QED) is 0.817. The van der Waals surface area contributed by atoms with Crippen molar-refractivity contribution >= 4 is 21.9 Å². The number of nitrogens with zero attached hydrogens (tertiary/aromatic N) is 1. The van der Waals surface area contributed by atoms with Crippen LogP contribution in [0.2, 0.25) is 0 Å². The van der Waals surface area contributed by atoms with Gasteiger partial charge in [-0.3, -0.25) is 9.59 Å². The molecule has 0 spiro atoms. The molecule has 9 heteroatoms. The molecule has 0 radical (unpaired) electrons. The number of carbonyl (C=O) groups excluding carboxylic acids is 1. The average Bonchev–Trinajstić information content (AvgIpc) is 2.90. The van der Waals surface area contributed by atoms with Crippen LogP contribution in [0.4, 0.5) is 0 Å². The second-order valence-electron chi connectivity index (χ2n) is 6.18. The van der Waals surface area contributed by atoms with Gasteiger partial charge in [0, 0.05) is 26.2 Å². The Hall–Kier alpha value is -1.87. The third kappa shape index (κ3) is 3.78. The zero-order valence-corrected chi connectivity index (χ0v) is 14.7. The smallest absolute Gasteiger partial charge is 0.306 e. The summed E-state index contributed by atoms with van der Waals surface area (Å²) in [6.45, 7) is 1.49. The molecule has 0 aromatic carbocycles. The maximum atomic E-state index is 12.3. The molecule has 1 amide bonds. The molecule has 2 N–H and O–H groups in total. The van der Waals surface area contributed by atoms with E-state index in [1.54, 1.807) is 0 Å². The highest BCUT2D eigenvalue weighted by atomic mass is 32.2. The van der Waals surface area contributed by atoms with Gasteiger partial charge in [0.15, 0.2) is 5.76 Å². The number of nitrogens with one attached hydrogen (secondary N) is 1. The Kier molecular flexibility index (Phi) is 5.34. The molecule has 24 heavy (non-hydrogen) atoms. The van der Waals surface area contributed by atoms with Crippen molar-refractivity contribution in [2.45, 2.75) is 43.5 Å².